The van der Waals surface area contributed by atoms with E-state index in [1.54, 1.807) is 23.1 Å². The van der Waals surface area contributed by atoms with Crippen molar-refractivity contribution in [1.82, 2.24) is 10.3 Å². The molecule has 1 amide bonds. The first-order chi connectivity index (χ1) is 9.52. The first-order valence-electron chi connectivity index (χ1n) is 6.55. The standard InChI is InChI=1S/C13H18N2O3S2/c1-9-14-10(8-20-9)7-19-6-3-11(16)15-13(12(17)18)4-2-5-13/h8H,2-7H2,1H3,(H,15,16)(H,17,18). The Labute approximate surface area is 126 Å². The highest BCUT2D eigenvalue weighted by Crippen LogP contribution is 2.32. The van der Waals surface area contributed by atoms with Gasteiger partial charge in [-0.15, -0.1) is 11.3 Å². The van der Waals surface area contributed by atoms with Crippen molar-refractivity contribution in [3.8, 4) is 0 Å². The van der Waals surface area contributed by atoms with Gasteiger partial charge in [0, 0.05) is 23.3 Å². The number of nitrogens with one attached hydrogen (secondary N) is 1. The molecule has 1 aliphatic carbocycles. The second-order valence-corrected chi connectivity index (χ2v) is 7.12. The van der Waals surface area contributed by atoms with Crippen LogP contribution < -0.4 is 5.32 Å². The maximum Gasteiger partial charge on any atom is 0.329 e. The second kappa shape index (κ2) is 6.58. The molecule has 1 aromatic heterocycles. The van der Waals surface area contributed by atoms with Crippen molar-refractivity contribution in [2.75, 3.05) is 5.75 Å². The number of aliphatic carboxylic acids is 1. The predicted molar refractivity (Wildman–Crippen MR) is 80.0 cm³/mol. The molecule has 0 saturated heterocycles. The van der Waals surface area contributed by atoms with Crippen molar-refractivity contribution in [2.24, 2.45) is 0 Å². The summed E-state index contributed by atoms with van der Waals surface area (Å²) in [5.74, 6) is 0.386. The molecule has 0 bridgehead atoms. The lowest BCUT2D eigenvalue weighted by atomic mass is 9.76. The lowest BCUT2D eigenvalue weighted by Gasteiger charge is -2.38. The summed E-state index contributed by atoms with van der Waals surface area (Å²) in [5.41, 5.74) is 0.0484. The molecular formula is C13H18N2O3S2. The van der Waals surface area contributed by atoms with Gasteiger partial charge in [0.15, 0.2) is 0 Å². The van der Waals surface area contributed by atoms with Crippen LogP contribution in [-0.2, 0) is 15.3 Å². The number of carboxylic acid groups (broad SMARTS) is 1. The molecule has 7 heteroatoms. The average Bonchev–Trinajstić information content (AvgIpc) is 2.75. The number of thiazole rings is 1. The molecule has 20 heavy (non-hydrogen) atoms. The summed E-state index contributed by atoms with van der Waals surface area (Å²) in [4.78, 5) is 27.3. The fourth-order valence-electron chi connectivity index (χ4n) is 2.07. The number of carbonyl (C=O) groups excluding carboxylic acids is 1. The van der Waals surface area contributed by atoms with Gasteiger partial charge in [0.05, 0.1) is 10.7 Å². The first kappa shape index (κ1) is 15.3. The molecule has 0 radical (unpaired) electrons. The zero-order chi connectivity index (χ0) is 14.6. The van der Waals surface area contributed by atoms with Crippen molar-refractivity contribution in [2.45, 2.75) is 43.9 Å². The van der Waals surface area contributed by atoms with Crippen LogP contribution in [0.1, 0.15) is 36.4 Å². The zero-order valence-electron chi connectivity index (χ0n) is 11.3. The fraction of sp³-hybridized carbons (Fsp3) is 0.615. The average molecular weight is 314 g/mol. The molecule has 1 aromatic rings. The Morgan fingerprint density at radius 3 is 2.80 bits per heavy atom. The van der Waals surface area contributed by atoms with Gasteiger partial charge in [0.2, 0.25) is 5.91 Å². The molecule has 1 aliphatic rings. The summed E-state index contributed by atoms with van der Waals surface area (Å²) in [5, 5.41) is 14.9. The van der Waals surface area contributed by atoms with E-state index in [-0.39, 0.29) is 5.91 Å². The Hall–Kier alpha value is -1.08. The molecule has 0 unspecified atom stereocenters. The van der Waals surface area contributed by atoms with Crippen LogP contribution in [0.2, 0.25) is 0 Å². The molecule has 0 aliphatic heterocycles. The van der Waals surface area contributed by atoms with Gasteiger partial charge in [0.1, 0.15) is 5.54 Å². The normalized spacial score (nSPS) is 16.4. The number of thioether (sulfide) groups is 1. The lowest BCUT2D eigenvalue weighted by molar-refractivity contribution is -0.151. The summed E-state index contributed by atoms with van der Waals surface area (Å²) < 4.78 is 0. The van der Waals surface area contributed by atoms with E-state index in [0.29, 0.717) is 25.0 Å². The van der Waals surface area contributed by atoms with Crippen LogP contribution in [0.15, 0.2) is 5.38 Å². The molecule has 110 valence electrons. The number of aryl methyl sites for hydroxylation is 1. The third-order valence-electron chi connectivity index (χ3n) is 3.39. The lowest BCUT2D eigenvalue weighted by Crippen LogP contribution is -2.59. The van der Waals surface area contributed by atoms with Crippen molar-refractivity contribution < 1.29 is 14.7 Å². The highest BCUT2D eigenvalue weighted by atomic mass is 32.2. The topological polar surface area (TPSA) is 79.3 Å². The molecule has 0 spiro atoms. The number of hydrogen-bond donors (Lipinski definition) is 2. The van der Waals surface area contributed by atoms with Crippen LogP contribution in [0.4, 0.5) is 0 Å². The highest BCUT2D eigenvalue weighted by molar-refractivity contribution is 7.98. The molecule has 0 aromatic carbocycles. The second-order valence-electron chi connectivity index (χ2n) is 4.95. The molecule has 5 nitrogen and oxygen atoms in total. The van der Waals surface area contributed by atoms with E-state index in [4.69, 9.17) is 5.11 Å². The van der Waals surface area contributed by atoms with Crippen LogP contribution >= 0.6 is 23.1 Å². The van der Waals surface area contributed by atoms with Crippen molar-refractivity contribution in [1.29, 1.82) is 0 Å². The first-order valence-corrected chi connectivity index (χ1v) is 8.58. The summed E-state index contributed by atoms with van der Waals surface area (Å²) in [6, 6.07) is 0. The quantitative estimate of drug-likeness (QED) is 0.754. The number of nitrogens with zero attached hydrogens (tertiary/aromatic N) is 1. The largest absolute Gasteiger partial charge is 0.480 e. The minimum Gasteiger partial charge on any atom is -0.480 e. The maximum atomic E-state index is 11.8. The molecule has 0 atom stereocenters. The van der Waals surface area contributed by atoms with Crippen molar-refractivity contribution >= 4 is 35.0 Å². The highest BCUT2D eigenvalue weighted by Gasteiger charge is 2.45. The van der Waals surface area contributed by atoms with Crippen molar-refractivity contribution in [3.63, 3.8) is 0 Å². The van der Waals surface area contributed by atoms with Crippen LogP contribution in [0.5, 0.6) is 0 Å². The number of rotatable bonds is 7. The molecular weight excluding hydrogens is 296 g/mol. The molecule has 1 saturated carbocycles. The summed E-state index contributed by atoms with van der Waals surface area (Å²) in [6.07, 6.45) is 2.30. The van der Waals surface area contributed by atoms with E-state index in [9.17, 15) is 9.59 Å². The van der Waals surface area contributed by atoms with Gasteiger partial charge >= 0.3 is 5.97 Å². The van der Waals surface area contributed by atoms with E-state index in [2.05, 4.69) is 10.3 Å². The number of amides is 1. The monoisotopic (exact) mass is 314 g/mol. The Kier molecular flexibility index (Phi) is 5.04. The van der Waals surface area contributed by atoms with Gasteiger partial charge in [-0.2, -0.15) is 11.8 Å². The minimum absolute atomic E-state index is 0.172. The van der Waals surface area contributed by atoms with Crippen molar-refractivity contribution in [3.05, 3.63) is 16.1 Å². The van der Waals surface area contributed by atoms with E-state index in [0.717, 1.165) is 22.9 Å². The Morgan fingerprint density at radius 2 is 2.30 bits per heavy atom. The van der Waals surface area contributed by atoms with E-state index >= 15 is 0 Å². The van der Waals surface area contributed by atoms with Crippen LogP contribution in [0.3, 0.4) is 0 Å². The zero-order valence-corrected chi connectivity index (χ0v) is 13.0. The Bertz CT molecular complexity index is 498. The van der Waals surface area contributed by atoms with E-state index in [1.165, 1.54) is 0 Å². The molecule has 1 heterocycles. The Morgan fingerprint density at radius 1 is 1.55 bits per heavy atom. The van der Waals surface area contributed by atoms with Gasteiger partial charge in [-0.1, -0.05) is 0 Å². The third kappa shape index (κ3) is 3.73. The van der Waals surface area contributed by atoms with Crippen LogP contribution in [0.25, 0.3) is 0 Å². The maximum absolute atomic E-state index is 11.8. The van der Waals surface area contributed by atoms with Gasteiger partial charge in [-0.05, 0) is 26.2 Å². The van der Waals surface area contributed by atoms with Gasteiger partial charge < -0.3 is 10.4 Å². The smallest absolute Gasteiger partial charge is 0.329 e. The summed E-state index contributed by atoms with van der Waals surface area (Å²) in [6.45, 7) is 1.97. The van der Waals surface area contributed by atoms with Crippen LogP contribution in [-0.4, -0.2) is 33.3 Å². The molecule has 2 rings (SSSR count). The number of hydrogen-bond acceptors (Lipinski definition) is 5. The van der Waals surface area contributed by atoms with Gasteiger partial charge in [0.25, 0.3) is 0 Å². The van der Waals surface area contributed by atoms with E-state index < -0.39 is 11.5 Å². The number of carboxylic acids is 1. The predicted octanol–water partition coefficient (Wildman–Crippen LogP) is 2.20. The molecule has 1 fully saturated rings. The minimum atomic E-state index is -0.992. The molecule has 2 N–H and O–H groups in total. The fourth-order valence-corrected chi connectivity index (χ4v) is 3.62. The SMILES string of the molecule is Cc1nc(CSCCC(=O)NC2(C(=O)O)CCC2)cs1. The third-order valence-corrected chi connectivity index (χ3v) is 5.20. The van der Waals surface area contributed by atoms with Crippen LogP contribution in [0, 0.1) is 6.92 Å². The van der Waals surface area contributed by atoms with E-state index in [1.807, 2.05) is 12.3 Å². The van der Waals surface area contributed by atoms with Gasteiger partial charge in [-0.25, -0.2) is 9.78 Å². The summed E-state index contributed by atoms with van der Waals surface area (Å²) in [7, 11) is 0. The number of carbonyl (C=O) groups is 2. The van der Waals surface area contributed by atoms with Gasteiger partial charge in [-0.3, -0.25) is 4.79 Å². The Balaban J connectivity index is 1.66. The number of aromatic nitrogens is 1. The summed E-state index contributed by atoms with van der Waals surface area (Å²) >= 11 is 3.27.